The highest BCUT2D eigenvalue weighted by Gasteiger charge is 2.11. The van der Waals surface area contributed by atoms with Crippen molar-refractivity contribution >= 4 is 11.9 Å². The van der Waals surface area contributed by atoms with E-state index in [0.29, 0.717) is 0 Å². The van der Waals surface area contributed by atoms with Crippen molar-refractivity contribution in [3.8, 4) is 11.8 Å². The maximum absolute atomic E-state index is 13.1. The van der Waals surface area contributed by atoms with E-state index in [0.717, 1.165) is 12.1 Å². The fourth-order valence-corrected chi connectivity index (χ4v) is 1.29. The van der Waals surface area contributed by atoms with E-state index in [1.165, 1.54) is 13.2 Å². The van der Waals surface area contributed by atoms with Gasteiger partial charge in [-0.2, -0.15) is 0 Å². The summed E-state index contributed by atoms with van der Waals surface area (Å²) in [4.78, 5) is 22.5. The lowest BCUT2D eigenvalue weighted by molar-refractivity contribution is -0.139. The second kappa shape index (κ2) is 7.17. The van der Waals surface area contributed by atoms with Crippen LogP contribution >= 0.6 is 0 Å². The molecule has 1 aromatic rings. The molecule has 0 radical (unpaired) electrons. The van der Waals surface area contributed by atoms with E-state index in [9.17, 15) is 14.0 Å². The molecule has 19 heavy (non-hydrogen) atoms. The average molecular weight is 264 g/mol. The van der Waals surface area contributed by atoms with E-state index in [4.69, 9.17) is 4.74 Å². The van der Waals surface area contributed by atoms with Crippen LogP contribution < -0.4 is 0 Å². The van der Waals surface area contributed by atoms with Crippen LogP contribution in [0.25, 0.3) is 0 Å². The van der Waals surface area contributed by atoms with Crippen LogP contribution in [0.3, 0.4) is 0 Å². The first-order valence-corrected chi connectivity index (χ1v) is 5.60. The van der Waals surface area contributed by atoms with E-state index in [2.05, 4.69) is 16.6 Å². The predicted molar refractivity (Wildman–Crippen MR) is 65.9 cm³/mol. The van der Waals surface area contributed by atoms with Crippen molar-refractivity contribution in [3.05, 3.63) is 35.1 Å². The van der Waals surface area contributed by atoms with Gasteiger partial charge in [-0.3, -0.25) is 4.79 Å². The first-order chi connectivity index (χ1) is 9.08. The Hall–Kier alpha value is -2.35. The number of rotatable bonds is 3. The Balaban J connectivity index is 3.00. The summed E-state index contributed by atoms with van der Waals surface area (Å²) in [5, 5.41) is 0. The highest BCUT2D eigenvalue weighted by Crippen LogP contribution is 2.12. The molecule has 0 heterocycles. The first kappa shape index (κ1) is 14.7. The molecule has 0 saturated carbocycles. The summed E-state index contributed by atoms with van der Waals surface area (Å²) in [6.07, 6.45) is -0.130. The molecule has 0 spiro atoms. The van der Waals surface area contributed by atoms with Crippen molar-refractivity contribution in [1.82, 2.24) is 0 Å². The number of carbonyl (C=O) groups is 2. The third-order valence-electron chi connectivity index (χ3n) is 2.16. The lowest BCUT2D eigenvalue weighted by Crippen LogP contribution is -2.07. The Morgan fingerprint density at radius 2 is 2.11 bits per heavy atom. The minimum atomic E-state index is -0.579. The van der Waals surface area contributed by atoms with Gasteiger partial charge in [-0.1, -0.05) is 11.8 Å². The molecular weight excluding hydrogens is 251 g/mol. The summed E-state index contributed by atoms with van der Waals surface area (Å²) >= 11 is 0. The Morgan fingerprint density at radius 1 is 1.37 bits per heavy atom. The summed E-state index contributed by atoms with van der Waals surface area (Å²) in [5.41, 5.74) is 0.350. The van der Waals surface area contributed by atoms with Crippen molar-refractivity contribution in [1.29, 1.82) is 0 Å². The largest absolute Gasteiger partial charge is 0.468 e. The fourth-order valence-electron chi connectivity index (χ4n) is 1.29. The zero-order chi connectivity index (χ0) is 14.3. The molecule has 0 saturated heterocycles. The number of ether oxygens (including phenoxy) is 2. The van der Waals surface area contributed by atoms with Gasteiger partial charge in [0, 0.05) is 5.56 Å². The molecular formula is C14H13FO4. The van der Waals surface area contributed by atoms with Crippen LogP contribution in [0.4, 0.5) is 4.39 Å². The molecule has 0 amide bonds. The number of halogens is 1. The summed E-state index contributed by atoms with van der Waals surface area (Å²) in [7, 11) is 1.25. The number of hydrogen-bond donors (Lipinski definition) is 0. The average Bonchev–Trinajstić information content (AvgIpc) is 2.38. The zero-order valence-electron chi connectivity index (χ0n) is 10.7. The molecule has 0 N–H and O–H groups in total. The van der Waals surface area contributed by atoms with Gasteiger partial charge in [0.05, 0.1) is 19.3 Å². The molecule has 0 fully saturated rings. The second-order valence-electron chi connectivity index (χ2n) is 3.47. The number of esters is 2. The predicted octanol–water partition coefficient (Wildman–Crippen LogP) is 1.92. The monoisotopic (exact) mass is 264 g/mol. The fraction of sp³-hybridized carbons (Fsp3) is 0.286. The Labute approximate surface area is 110 Å². The Morgan fingerprint density at radius 3 is 2.74 bits per heavy atom. The number of hydrogen-bond acceptors (Lipinski definition) is 4. The molecule has 0 unspecified atom stereocenters. The molecule has 4 nitrogen and oxygen atoms in total. The standard InChI is InChI=1S/C14H13FO4/c1-3-19-14(17)12-8-7-11(15)9-10(12)5-4-6-13(16)18-2/h7-9H,3,6H2,1-2H3. The third kappa shape index (κ3) is 4.43. The van der Waals surface area contributed by atoms with Gasteiger partial charge in [-0.05, 0) is 25.1 Å². The first-order valence-electron chi connectivity index (χ1n) is 5.60. The van der Waals surface area contributed by atoms with Gasteiger partial charge < -0.3 is 9.47 Å². The van der Waals surface area contributed by atoms with Gasteiger partial charge in [0.1, 0.15) is 12.2 Å². The van der Waals surface area contributed by atoms with Gasteiger partial charge in [0.15, 0.2) is 0 Å². The summed E-state index contributed by atoms with van der Waals surface area (Å²) < 4.78 is 22.4. The molecule has 0 aromatic heterocycles. The molecule has 0 aliphatic rings. The van der Waals surface area contributed by atoms with Gasteiger partial charge in [0.2, 0.25) is 0 Å². The smallest absolute Gasteiger partial charge is 0.339 e. The van der Waals surface area contributed by atoms with Gasteiger partial charge in [-0.15, -0.1) is 0 Å². The molecule has 0 bridgehead atoms. The van der Waals surface area contributed by atoms with Crippen molar-refractivity contribution in [2.75, 3.05) is 13.7 Å². The van der Waals surface area contributed by atoms with E-state index >= 15 is 0 Å². The van der Waals surface area contributed by atoms with E-state index in [1.54, 1.807) is 6.92 Å². The normalized spacial score (nSPS) is 9.21. The highest BCUT2D eigenvalue weighted by atomic mass is 19.1. The minimum absolute atomic E-state index is 0.130. The SMILES string of the molecule is CCOC(=O)c1ccc(F)cc1C#CCC(=O)OC. The highest BCUT2D eigenvalue weighted by molar-refractivity contribution is 5.92. The lowest BCUT2D eigenvalue weighted by Gasteiger charge is -2.04. The minimum Gasteiger partial charge on any atom is -0.468 e. The van der Waals surface area contributed by atoms with Crippen LogP contribution in [-0.4, -0.2) is 25.7 Å². The van der Waals surface area contributed by atoms with Crippen LogP contribution in [0.2, 0.25) is 0 Å². The number of benzene rings is 1. The zero-order valence-corrected chi connectivity index (χ0v) is 10.7. The van der Waals surface area contributed by atoms with Crippen LogP contribution in [0, 0.1) is 17.7 Å². The lowest BCUT2D eigenvalue weighted by atomic mass is 10.1. The van der Waals surface area contributed by atoms with Gasteiger partial charge in [0.25, 0.3) is 0 Å². The number of carbonyl (C=O) groups excluding carboxylic acids is 2. The van der Waals surface area contributed by atoms with E-state index in [1.807, 2.05) is 0 Å². The Kier molecular flexibility index (Phi) is 5.55. The van der Waals surface area contributed by atoms with Crippen LogP contribution in [0.5, 0.6) is 0 Å². The van der Waals surface area contributed by atoms with Crippen molar-refractivity contribution < 1.29 is 23.5 Å². The quantitative estimate of drug-likeness (QED) is 0.618. The summed E-state index contributed by atoms with van der Waals surface area (Å²) in [6.45, 7) is 1.88. The topological polar surface area (TPSA) is 52.6 Å². The number of methoxy groups -OCH3 is 1. The molecule has 5 heteroatoms. The van der Waals surface area contributed by atoms with Crippen molar-refractivity contribution in [2.45, 2.75) is 13.3 Å². The van der Waals surface area contributed by atoms with E-state index < -0.39 is 17.8 Å². The molecule has 0 aliphatic carbocycles. The molecule has 1 rings (SSSR count). The third-order valence-corrected chi connectivity index (χ3v) is 2.16. The van der Waals surface area contributed by atoms with Crippen molar-refractivity contribution in [2.24, 2.45) is 0 Å². The summed E-state index contributed by atoms with van der Waals surface area (Å²) in [5.74, 6) is 3.49. The van der Waals surface area contributed by atoms with Crippen LogP contribution in [0.1, 0.15) is 29.3 Å². The van der Waals surface area contributed by atoms with Crippen LogP contribution in [-0.2, 0) is 14.3 Å². The Bertz CT molecular complexity index is 540. The summed E-state index contributed by atoms with van der Waals surface area (Å²) in [6, 6.07) is 3.57. The molecule has 0 aliphatic heterocycles. The molecule has 100 valence electrons. The molecule has 0 atom stereocenters. The second-order valence-corrected chi connectivity index (χ2v) is 3.47. The maximum atomic E-state index is 13.1. The van der Waals surface area contributed by atoms with Gasteiger partial charge >= 0.3 is 11.9 Å². The maximum Gasteiger partial charge on any atom is 0.339 e. The molecule has 1 aromatic carbocycles. The van der Waals surface area contributed by atoms with E-state index in [-0.39, 0.29) is 24.2 Å². The van der Waals surface area contributed by atoms with Gasteiger partial charge in [-0.25, -0.2) is 9.18 Å². The van der Waals surface area contributed by atoms with Crippen LogP contribution in [0.15, 0.2) is 18.2 Å². The van der Waals surface area contributed by atoms with Crippen molar-refractivity contribution in [3.63, 3.8) is 0 Å².